The summed E-state index contributed by atoms with van der Waals surface area (Å²) in [4.78, 5) is 50.4. The number of methoxy groups -OCH3 is 1. The summed E-state index contributed by atoms with van der Waals surface area (Å²) < 4.78 is 21.9. The highest BCUT2D eigenvalue weighted by molar-refractivity contribution is 9.10. The molecule has 0 saturated carbocycles. The van der Waals surface area contributed by atoms with Gasteiger partial charge in [-0.3, -0.25) is 14.5 Å². The number of aryl methyl sites for hydroxylation is 1. The summed E-state index contributed by atoms with van der Waals surface area (Å²) in [6.07, 6.45) is 1.49. The van der Waals surface area contributed by atoms with Crippen LogP contribution in [0.2, 0.25) is 0 Å². The van der Waals surface area contributed by atoms with Crippen LogP contribution in [0.3, 0.4) is 0 Å². The molecular formula is C28H26BrN3O8. The average molecular weight is 612 g/mol. The summed E-state index contributed by atoms with van der Waals surface area (Å²) in [5.74, 6) is -0.737. The van der Waals surface area contributed by atoms with Crippen molar-refractivity contribution in [2.75, 3.05) is 25.6 Å². The molecule has 2 N–H and O–H groups in total. The van der Waals surface area contributed by atoms with Crippen LogP contribution in [-0.4, -0.2) is 49.0 Å². The fourth-order valence-electron chi connectivity index (χ4n) is 3.72. The first-order valence-electron chi connectivity index (χ1n) is 12.2. The van der Waals surface area contributed by atoms with Crippen molar-refractivity contribution in [3.05, 3.63) is 81.3 Å². The van der Waals surface area contributed by atoms with E-state index in [1.807, 2.05) is 19.1 Å². The van der Waals surface area contributed by atoms with Crippen LogP contribution in [-0.2, 0) is 20.9 Å². The second kappa shape index (κ2) is 12.5. The number of halogens is 1. The van der Waals surface area contributed by atoms with Crippen LogP contribution in [0.5, 0.6) is 11.5 Å². The molecule has 2 heterocycles. The second-order valence-electron chi connectivity index (χ2n) is 8.59. The monoisotopic (exact) mass is 611 g/mol. The minimum atomic E-state index is -0.668. The van der Waals surface area contributed by atoms with Crippen LogP contribution in [0.4, 0.5) is 10.5 Å². The first kappa shape index (κ1) is 28.4. The lowest BCUT2D eigenvalue weighted by atomic mass is 10.1. The molecule has 0 spiro atoms. The lowest BCUT2D eigenvalue weighted by Gasteiger charge is -2.14. The molecule has 40 heavy (non-hydrogen) atoms. The van der Waals surface area contributed by atoms with E-state index < -0.39 is 17.9 Å². The maximum atomic E-state index is 13.0. The largest absolute Gasteiger partial charge is 0.490 e. The zero-order valence-corrected chi connectivity index (χ0v) is 23.5. The van der Waals surface area contributed by atoms with Crippen molar-refractivity contribution >= 4 is 51.5 Å². The maximum Gasteiger partial charge on any atom is 0.373 e. The summed E-state index contributed by atoms with van der Waals surface area (Å²) in [5.41, 5.74) is 2.28. The number of amides is 4. The minimum absolute atomic E-state index is 0.0269. The third-order valence-electron chi connectivity index (χ3n) is 5.68. The van der Waals surface area contributed by atoms with Gasteiger partial charge in [-0.05, 0) is 61.9 Å². The van der Waals surface area contributed by atoms with Gasteiger partial charge in [0, 0.05) is 10.2 Å². The molecule has 208 valence electrons. The third-order valence-corrected chi connectivity index (χ3v) is 6.37. The Hall–Kier alpha value is -4.58. The SMILES string of the molecule is CCOc1cc(/C=C2\NC(=O)N(Cc3ccc(C(=O)OC)o3)C2=O)c(Br)cc1OCC(=O)Nc1ccc(C)cc1. The highest BCUT2D eigenvalue weighted by Gasteiger charge is 2.34. The minimum Gasteiger partial charge on any atom is -0.490 e. The molecule has 0 bridgehead atoms. The number of nitrogens with one attached hydrogen (secondary N) is 2. The number of esters is 1. The van der Waals surface area contributed by atoms with Crippen molar-refractivity contribution in [3.63, 3.8) is 0 Å². The first-order valence-corrected chi connectivity index (χ1v) is 12.9. The van der Waals surface area contributed by atoms with Crippen molar-refractivity contribution in [3.8, 4) is 11.5 Å². The smallest absolute Gasteiger partial charge is 0.373 e. The van der Waals surface area contributed by atoms with Crippen molar-refractivity contribution < 1.29 is 37.8 Å². The Morgan fingerprint density at radius 2 is 1.80 bits per heavy atom. The van der Waals surface area contributed by atoms with E-state index in [-0.39, 0.29) is 36.3 Å². The van der Waals surface area contributed by atoms with Crippen molar-refractivity contribution in [2.24, 2.45) is 0 Å². The van der Waals surface area contributed by atoms with E-state index in [1.54, 1.807) is 31.2 Å². The van der Waals surface area contributed by atoms with Crippen LogP contribution in [0.1, 0.15) is 34.4 Å². The Bertz CT molecular complexity index is 1480. The molecule has 0 atom stereocenters. The second-order valence-corrected chi connectivity index (χ2v) is 9.45. The molecule has 4 amide bonds. The van der Waals surface area contributed by atoms with Crippen LogP contribution in [0.15, 0.2) is 63.1 Å². The number of hydrogen-bond acceptors (Lipinski definition) is 8. The number of hydrogen-bond donors (Lipinski definition) is 2. The number of rotatable bonds is 10. The summed E-state index contributed by atoms with van der Waals surface area (Å²) in [7, 11) is 1.22. The highest BCUT2D eigenvalue weighted by Crippen LogP contribution is 2.35. The van der Waals surface area contributed by atoms with Crippen LogP contribution in [0.25, 0.3) is 6.08 Å². The van der Waals surface area contributed by atoms with Gasteiger partial charge in [0.15, 0.2) is 18.1 Å². The number of urea groups is 1. The number of carbonyl (C=O) groups excluding carboxylic acids is 4. The van der Waals surface area contributed by atoms with Crippen molar-refractivity contribution in [2.45, 2.75) is 20.4 Å². The van der Waals surface area contributed by atoms with Gasteiger partial charge < -0.3 is 29.3 Å². The number of benzene rings is 2. The average Bonchev–Trinajstić information content (AvgIpc) is 3.51. The molecule has 1 saturated heterocycles. The van der Waals surface area contributed by atoms with Gasteiger partial charge in [-0.2, -0.15) is 0 Å². The van der Waals surface area contributed by atoms with Gasteiger partial charge in [0.1, 0.15) is 11.5 Å². The van der Waals surface area contributed by atoms with Gasteiger partial charge in [0.25, 0.3) is 11.8 Å². The van der Waals surface area contributed by atoms with Crippen LogP contribution >= 0.6 is 15.9 Å². The number of imide groups is 1. The van der Waals surface area contributed by atoms with E-state index in [9.17, 15) is 19.2 Å². The highest BCUT2D eigenvalue weighted by atomic mass is 79.9. The van der Waals surface area contributed by atoms with Gasteiger partial charge in [-0.25, -0.2) is 9.59 Å². The normalized spacial score (nSPS) is 13.8. The van der Waals surface area contributed by atoms with Gasteiger partial charge in [-0.15, -0.1) is 0 Å². The first-order chi connectivity index (χ1) is 19.2. The fourth-order valence-corrected chi connectivity index (χ4v) is 4.16. The van der Waals surface area contributed by atoms with E-state index >= 15 is 0 Å². The standard InChI is InChI=1S/C28H26BrN3O8/c1-4-38-23-12-17(20(29)13-24(23)39-15-25(33)30-18-7-5-16(2)6-8-18)11-21-26(34)32(28(36)31-21)14-19-9-10-22(40-19)27(35)37-3/h5-13H,4,14-15H2,1-3H3,(H,30,33)(H,31,36)/b21-11-. The lowest BCUT2D eigenvalue weighted by Crippen LogP contribution is -2.30. The maximum absolute atomic E-state index is 13.0. The summed E-state index contributed by atoms with van der Waals surface area (Å²) in [5, 5.41) is 5.31. The summed E-state index contributed by atoms with van der Waals surface area (Å²) in [6.45, 7) is 3.64. The van der Waals surface area contributed by atoms with Gasteiger partial charge in [-0.1, -0.05) is 33.6 Å². The van der Waals surface area contributed by atoms with E-state index in [4.69, 9.17) is 13.9 Å². The number of furan rings is 1. The molecular weight excluding hydrogens is 586 g/mol. The van der Waals surface area contributed by atoms with Crippen LogP contribution in [0, 0.1) is 6.92 Å². The van der Waals surface area contributed by atoms with Gasteiger partial charge >= 0.3 is 12.0 Å². The Balaban J connectivity index is 1.47. The van der Waals surface area contributed by atoms with E-state index in [0.29, 0.717) is 33.8 Å². The van der Waals surface area contributed by atoms with E-state index in [0.717, 1.165) is 10.5 Å². The quantitative estimate of drug-likeness (QED) is 0.192. The lowest BCUT2D eigenvalue weighted by molar-refractivity contribution is -0.123. The molecule has 1 fully saturated rings. The molecule has 4 rings (SSSR count). The third kappa shape index (κ3) is 6.70. The molecule has 0 aliphatic carbocycles. The number of anilines is 1. The van der Waals surface area contributed by atoms with E-state index in [2.05, 4.69) is 31.3 Å². The number of nitrogens with zero attached hydrogens (tertiary/aromatic N) is 1. The van der Waals surface area contributed by atoms with Crippen LogP contribution < -0.4 is 20.1 Å². The van der Waals surface area contributed by atoms with Gasteiger partial charge in [0.05, 0.1) is 20.3 Å². The molecule has 0 radical (unpaired) electrons. The molecule has 1 aromatic heterocycles. The zero-order valence-electron chi connectivity index (χ0n) is 21.9. The molecule has 2 aromatic carbocycles. The molecule has 0 unspecified atom stereocenters. The predicted molar refractivity (Wildman–Crippen MR) is 148 cm³/mol. The summed E-state index contributed by atoms with van der Waals surface area (Å²) >= 11 is 3.46. The fraction of sp³-hybridized carbons (Fsp3) is 0.214. The van der Waals surface area contributed by atoms with E-state index in [1.165, 1.54) is 25.3 Å². The number of ether oxygens (including phenoxy) is 3. The molecule has 1 aliphatic rings. The molecule has 1 aliphatic heterocycles. The Morgan fingerprint density at radius 1 is 1.07 bits per heavy atom. The Morgan fingerprint density at radius 3 is 2.50 bits per heavy atom. The summed E-state index contributed by atoms with van der Waals surface area (Å²) in [6, 6.07) is 12.9. The van der Waals surface area contributed by atoms with Crippen molar-refractivity contribution in [1.82, 2.24) is 10.2 Å². The van der Waals surface area contributed by atoms with Gasteiger partial charge in [0.2, 0.25) is 5.76 Å². The Labute approximate surface area is 238 Å². The zero-order chi connectivity index (χ0) is 28.8. The van der Waals surface area contributed by atoms with Crippen molar-refractivity contribution in [1.29, 1.82) is 0 Å². The molecule has 11 nitrogen and oxygen atoms in total. The number of carbonyl (C=O) groups is 4. The molecule has 12 heteroatoms. The topological polar surface area (TPSA) is 136 Å². The Kier molecular flexibility index (Phi) is 8.90. The predicted octanol–water partition coefficient (Wildman–Crippen LogP) is 4.65. The molecule has 3 aromatic rings.